The molecule has 13 heavy (non-hydrogen) atoms. The molecule has 0 heterocycles. The van der Waals surface area contributed by atoms with E-state index in [0.717, 1.165) is 17.9 Å². The fourth-order valence-electron chi connectivity index (χ4n) is 1.05. The second-order valence-electron chi connectivity index (χ2n) is 4.32. The Kier molecular flexibility index (Phi) is 5.32. The van der Waals surface area contributed by atoms with E-state index in [1.807, 2.05) is 6.08 Å². The standard InChI is InChI=1S/C10H17NOSi/c1-13(2,3)9-10(8-11)6-4-5-7-12/h6-7H,4-5,9H2,1-3H3/b10-6+. The number of carbonyl (C=O) groups excluding carboxylic acids is 1. The average Bonchev–Trinajstić information content (AvgIpc) is 2.01. The van der Waals surface area contributed by atoms with Gasteiger partial charge in [-0.05, 0) is 12.5 Å². The summed E-state index contributed by atoms with van der Waals surface area (Å²) in [6, 6.07) is 3.12. The van der Waals surface area contributed by atoms with Crippen LogP contribution in [0.3, 0.4) is 0 Å². The summed E-state index contributed by atoms with van der Waals surface area (Å²) >= 11 is 0. The predicted octanol–water partition coefficient (Wildman–Crippen LogP) is 2.75. The van der Waals surface area contributed by atoms with E-state index in [0.29, 0.717) is 12.8 Å². The molecule has 0 radical (unpaired) electrons. The van der Waals surface area contributed by atoms with Gasteiger partial charge in [-0.25, -0.2) is 0 Å². The number of carbonyl (C=O) groups is 1. The number of hydrogen-bond acceptors (Lipinski definition) is 2. The lowest BCUT2D eigenvalue weighted by Crippen LogP contribution is -2.19. The summed E-state index contributed by atoms with van der Waals surface area (Å²) in [5, 5.41) is 8.80. The maximum Gasteiger partial charge on any atom is 0.120 e. The van der Waals surface area contributed by atoms with Crippen LogP contribution in [0.1, 0.15) is 12.8 Å². The molecule has 0 aliphatic rings. The van der Waals surface area contributed by atoms with E-state index in [4.69, 9.17) is 5.26 Å². The van der Waals surface area contributed by atoms with Crippen molar-refractivity contribution in [3.05, 3.63) is 11.6 Å². The van der Waals surface area contributed by atoms with Crippen LogP contribution in [0.5, 0.6) is 0 Å². The van der Waals surface area contributed by atoms with Crippen molar-refractivity contribution >= 4 is 14.4 Å². The highest BCUT2D eigenvalue weighted by Crippen LogP contribution is 2.16. The molecule has 0 N–H and O–H groups in total. The molecule has 0 spiro atoms. The van der Waals surface area contributed by atoms with Crippen molar-refractivity contribution in [1.82, 2.24) is 0 Å². The molecule has 0 bridgehead atoms. The maximum atomic E-state index is 10.1. The van der Waals surface area contributed by atoms with Crippen molar-refractivity contribution in [1.29, 1.82) is 5.26 Å². The van der Waals surface area contributed by atoms with Gasteiger partial charge in [0, 0.05) is 20.1 Å². The Labute approximate surface area is 81.3 Å². The van der Waals surface area contributed by atoms with E-state index in [9.17, 15) is 4.79 Å². The Morgan fingerprint density at radius 3 is 2.38 bits per heavy atom. The highest BCUT2D eigenvalue weighted by molar-refractivity contribution is 6.76. The predicted molar refractivity (Wildman–Crippen MR) is 57.1 cm³/mol. The van der Waals surface area contributed by atoms with Crippen LogP contribution < -0.4 is 0 Å². The lowest BCUT2D eigenvalue weighted by molar-refractivity contribution is -0.107. The molecule has 0 amide bonds. The molecular formula is C10H17NOSi. The molecule has 0 aromatic carbocycles. The minimum atomic E-state index is -1.18. The van der Waals surface area contributed by atoms with E-state index in [2.05, 4.69) is 25.7 Å². The molecule has 0 aliphatic carbocycles. The van der Waals surface area contributed by atoms with Gasteiger partial charge in [0.05, 0.1) is 6.07 Å². The third kappa shape index (κ3) is 7.48. The van der Waals surface area contributed by atoms with Crippen LogP contribution in [-0.2, 0) is 4.79 Å². The van der Waals surface area contributed by atoms with Gasteiger partial charge in [0.25, 0.3) is 0 Å². The zero-order chi connectivity index (χ0) is 10.3. The molecule has 0 aromatic heterocycles. The first-order chi connectivity index (χ1) is 5.99. The number of rotatable bonds is 5. The first-order valence-electron chi connectivity index (χ1n) is 4.52. The number of aldehydes is 1. The first kappa shape index (κ1) is 12.1. The highest BCUT2D eigenvalue weighted by Gasteiger charge is 2.14. The van der Waals surface area contributed by atoms with E-state index < -0.39 is 8.07 Å². The van der Waals surface area contributed by atoms with E-state index in [1.165, 1.54) is 0 Å². The molecule has 0 atom stereocenters. The van der Waals surface area contributed by atoms with Crippen LogP contribution in [-0.4, -0.2) is 14.4 Å². The van der Waals surface area contributed by atoms with Crippen molar-refractivity contribution < 1.29 is 4.79 Å². The SMILES string of the molecule is C[Si](C)(C)C/C(C#N)=C/CCC=O. The maximum absolute atomic E-state index is 10.1. The summed E-state index contributed by atoms with van der Waals surface area (Å²) in [5.41, 5.74) is 0.848. The topological polar surface area (TPSA) is 40.9 Å². The van der Waals surface area contributed by atoms with Crippen LogP contribution in [0.2, 0.25) is 25.7 Å². The fourth-order valence-corrected chi connectivity index (χ4v) is 2.42. The Balaban J connectivity index is 4.12. The minimum Gasteiger partial charge on any atom is -0.303 e. The zero-order valence-corrected chi connectivity index (χ0v) is 9.63. The molecule has 2 nitrogen and oxygen atoms in total. The van der Waals surface area contributed by atoms with Gasteiger partial charge in [-0.2, -0.15) is 5.26 Å². The van der Waals surface area contributed by atoms with Gasteiger partial charge >= 0.3 is 0 Å². The van der Waals surface area contributed by atoms with Gasteiger partial charge in [0.1, 0.15) is 6.29 Å². The Hall–Kier alpha value is -0.883. The van der Waals surface area contributed by atoms with Crippen LogP contribution >= 0.6 is 0 Å². The van der Waals surface area contributed by atoms with E-state index in [1.54, 1.807) is 0 Å². The van der Waals surface area contributed by atoms with Crippen molar-refractivity contribution in [3.8, 4) is 6.07 Å². The van der Waals surface area contributed by atoms with Gasteiger partial charge in [-0.15, -0.1) is 0 Å². The molecule has 0 fully saturated rings. The average molecular weight is 195 g/mol. The lowest BCUT2D eigenvalue weighted by Gasteiger charge is -2.14. The molecule has 0 saturated carbocycles. The first-order valence-corrected chi connectivity index (χ1v) is 8.23. The quantitative estimate of drug-likeness (QED) is 0.293. The molecule has 0 rings (SSSR count). The van der Waals surface area contributed by atoms with Crippen molar-refractivity contribution in [3.63, 3.8) is 0 Å². The van der Waals surface area contributed by atoms with Crippen LogP contribution in [0.4, 0.5) is 0 Å². The Bertz CT molecular complexity index is 232. The third-order valence-corrected chi connectivity index (χ3v) is 2.98. The van der Waals surface area contributed by atoms with Crippen LogP contribution in [0.25, 0.3) is 0 Å². The highest BCUT2D eigenvalue weighted by atomic mass is 28.3. The van der Waals surface area contributed by atoms with E-state index >= 15 is 0 Å². The van der Waals surface area contributed by atoms with Crippen molar-refractivity contribution in [2.24, 2.45) is 0 Å². The van der Waals surface area contributed by atoms with Gasteiger partial charge in [0.2, 0.25) is 0 Å². The summed E-state index contributed by atoms with van der Waals surface area (Å²) in [4.78, 5) is 10.1. The molecular weight excluding hydrogens is 178 g/mol. The minimum absolute atomic E-state index is 0.525. The van der Waals surface area contributed by atoms with Gasteiger partial charge in [-0.3, -0.25) is 0 Å². The largest absolute Gasteiger partial charge is 0.303 e. The van der Waals surface area contributed by atoms with Crippen molar-refractivity contribution in [2.45, 2.75) is 38.5 Å². The Morgan fingerprint density at radius 1 is 1.38 bits per heavy atom. The normalized spacial score (nSPS) is 12.3. The van der Waals surface area contributed by atoms with Crippen LogP contribution in [0.15, 0.2) is 11.6 Å². The molecule has 72 valence electrons. The van der Waals surface area contributed by atoms with Gasteiger partial charge in [-0.1, -0.05) is 25.7 Å². The van der Waals surface area contributed by atoms with E-state index in [-0.39, 0.29) is 0 Å². The third-order valence-electron chi connectivity index (χ3n) is 1.54. The molecule has 0 saturated heterocycles. The van der Waals surface area contributed by atoms with Gasteiger partial charge in [0.15, 0.2) is 0 Å². The summed E-state index contributed by atoms with van der Waals surface area (Å²) in [6.45, 7) is 6.70. The molecule has 0 aliphatic heterocycles. The zero-order valence-electron chi connectivity index (χ0n) is 8.63. The molecule has 0 aromatic rings. The summed E-state index contributed by atoms with van der Waals surface area (Å²) in [5.74, 6) is 0. The van der Waals surface area contributed by atoms with Crippen molar-refractivity contribution in [2.75, 3.05) is 0 Å². The monoisotopic (exact) mass is 195 g/mol. The summed E-state index contributed by atoms with van der Waals surface area (Å²) in [6.07, 6.45) is 4.01. The smallest absolute Gasteiger partial charge is 0.120 e. The second kappa shape index (κ2) is 5.71. The summed E-state index contributed by atoms with van der Waals surface area (Å²) < 4.78 is 0. The lowest BCUT2D eigenvalue weighted by atomic mass is 10.2. The Morgan fingerprint density at radius 2 is 2.00 bits per heavy atom. The number of nitrogens with zero attached hydrogens (tertiary/aromatic N) is 1. The fraction of sp³-hybridized carbons (Fsp3) is 0.600. The number of unbranched alkanes of at least 4 members (excludes halogenated alkanes) is 1. The van der Waals surface area contributed by atoms with Gasteiger partial charge < -0.3 is 4.79 Å². The second-order valence-corrected chi connectivity index (χ2v) is 9.80. The summed E-state index contributed by atoms with van der Waals surface area (Å²) in [7, 11) is -1.18. The number of nitriles is 1. The number of hydrogen-bond donors (Lipinski definition) is 0. The molecule has 3 heteroatoms. The molecule has 0 unspecified atom stereocenters. The number of allylic oxidation sites excluding steroid dienone is 2. The van der Waals surface area contributed by atoms with Crippen LogP contribution in [0, 0.1) is 11.3 Å².